The van der Waals surface area contributed by atoms with Gasteiger partial charge in [-0.2, -0.15) is 0 Å². The highest BCUT2D eigenvalue weighted by Gasteiger charge is 2.09. The molecule has 2 aromatic rings. The van der Waals surface area contributed by atoms with E-state index in [0.29, 0.717) is 42.0 Å². The van der Waals surface area contributed by atoms with Gasteiger partial charge in [-0.25, -0.2) is 0 Å². The molecule has 0 aliphatic heterocycles. The van der Waals surface area contributed by atoms with Gasteiger partial charge in [0.1, 0.15) is 18.1 Å². The molecular formula is C18H20ClNO4. The van der Waals surface area contributed by atoms with Crippen LogP contribution in [0.1, 0.15) is 6.92 Å². The van der Waals surface area contributed by atoms with Crippen LogP contribution in [0.5, 0.6) is 11.5 Å². The molecule has 2 aromatic carbocycles. The molecule has 0 bridgehead atoms. The molecule has 0 saturated heterocycles. The summed E-state index contributed by atoms with van der Waals surface area (Å²) >= 11 is 5.99. The fourth-order valence-electron chi connectivity index (χ4n) is 1.94. The lowest BCUT2D eigenvalue weighted by molar-refractivity contribution is -0.118. The quantitative estimate of drug-likeness (QED) is 0.700. The van der Waals surface area contributed by atoms with Crippen LogP contribution in [-0.4, -0.2) is 32.3 Å². The highest BCUT2D eigenvalue weighted by atomic mass is 35.5. The Hall–Kier alpha value is -2.24. The first-order chi connectivity index (χ1) is 11.7. The Kier molecular flexibility index (Phi) is 7.39. The number of halogens is 1. The number of carbonyl (C=O) groups is 1. The number of hydrogen-bond donors (Lipinski definition) is 1. The molecule has 0 aromatic heterocycles. The van der Waals surface area contributed by atoms with Crippen molar-refractivity contribution >= 4 is 23.2 Å². The zero-order valence-corrected chi connectivity index (χ0v) is 14.2. The standard InChI is InChI=1S/C18H20ClNO4/c1-2-22-11-12-23-17-10-6-4-8-15(17)20-18(21)13-24-16-9-5-3-7-14(16)19/h3-10H,2,11-13H2,1H3,(H,20,21). The Morgan fingerprint density at radius 1 is 1.00 bits per heavy atom. The van der Waals surface area contributed by atoms with Gasteiger partial charge in [-0.05, 0) is 31.2 Å². The topological polar surface area (TPSA) is 56.8 Å². The third kappa shape index (κ3) is 5.76. The van der Waals surface area contributed by atoms with Crippen molar-refractivity contribution in [3.05, 3.63) is 53.6 Å². The van der Waals surface area contributed by atoms with Crippen LogP contribution in [0, 0.1) is 0 Å². The number of nitrogens with one attached hydrogen (secondary N) is 1. The van der Waals surface area contributed by atoms with Gasteiger partial charge in [-0.1, -0.05) is 35.9 Å². The number of benzene rings is 2. The van der Waals surface area contributed by atoms with Gasteiger partial charge >= 0.3 is 0 Å². The van der Waals surface area contributed by atoms with Crippen molar-refractivity contribution in [2.24, 2.45) is 0 Å². The number of amides is 1. The van der Waals surface area contributed by atoms with Crippen molar-refractivity contribution in [2.75, 3.05) is 31.7 Å². The van der Waals surface area contributed by atoms with Crippen molar-refractivity contribution in [1.29, 1.82) is 0 Å². The lowest BCUT2D eigenvalue weighted by Gasteiger charge is -2.13. The average molecular weight is 350 g/mol. The summed E-state index contributed by atoms with van der Waals surface area (Å²) in [6, 6.07) is 14.2. The first-order valence-corrected chi connectivity index (χ1v) is 8.05. The van der Waals surface area contributed by atoms with Gasteiger partial charge in [-0.15, -0.1) is 0 Å². The molecule has 5 nitrogen and oxygen atoms in total. The molecular weight excluding hydrogens is 330 g/mol. The van der Waals surface area contributed by atoms with E-state index in [2.05, 4.69) is 5.32 Å². The molecule has 128 valence electrons. The van der Waals surface area contributed by atoms with E-state index in [1.54, 1.807) is 36.4 Å². The van der Waals surface area contributed by atoms with Crippen molar-refractivity contribution in [3.63, 3.8) is 0 Å². The van der Waals surface area contributed by atoms with Crippen molar-refractivity contribution < 1.29 is 19.0 Å². The molecule has 0 fully saturated rings. The Bertz CT molecular complexity index is 663. The van der Waals surface area contributed by atoms with Crippen LogP contribution in [0.2, 0.25) is 5.02 Å². The van der Waals surface area contributed by atoms with E-state index in [4.69, 9.17) is 25.8 Å². The predicted molar refractivity (Wildman–Crippen MR) is 94.0 cm³/mol. The molecule has 0 spiro atoms. The maximum atomic E-state index is 12.1. The summed E-state index contributed by atoms with van der Waals surface area (Å²) in [5.74, 6) is 0.759. The lowest BCUT2D eigenvalue weighted by Crippen LogP contribution is -2.21. The molecule has 0 heterocycles. The predicted octanol–water partition coefficient (Wildman–Crippen LogP) is 3.77. The van der Waals surface area contributed by atoms with Crippen molar-refractivity contribution in [3.8, 4) is 11.5 Å². The highest BCUT2D eigenvalue weighted by Crippen LogP contribution is 2.25. The van der Waals surface area contributed by atoms with Crippen LogP contribution in [-0.2, 0) is 9.53 Å². The number of ether oxygens (including phenoxy) is 3. The molecule has 0 aliphatic rings. The third-order valence-electron chi connectivity index (χ3n) is 3.05. The van der Waals surface area contributed by atoms with Crippen LogP contribution in [0.25, 0.3) is 0 Å². The third-order valence-corrected chi connectivity index (χ3v) is 3.36. The van der Waals surface area contributed by atoms with Crippen LogP contribution in [0.3, 0.4) is 0 Å². The first kappa shape index (κ1) is 18.1. The van der Waals surface area contributed by atoms with Gasteiger partial charge in [0, 0.05) is 6.61 Å². The summed E-state index contributed by atoms with van der Waals surface area (Å²) in [5, 5.41) is 3.23. The first-order valence-electron chi connectivity index (χ1n) is 7.67. The van der Waals surface area contributed by atoms with E-state index in [0.717, 1.165) is 0 Å². The molecule has 0 unspecified atom stereocenters. The summed E-state index contributed by atoms with van der Waals surface area (Å²) in [4.78, 5) is 12.1. The van der Waals surface area contributed by atoms with Crippen molar-refractivity contribution in [1.82, 2.24) is 0 Å². The summed E-state index contributed by atoms with van der Waals surface area (Å²) < 4.78 is 16.3. The molecule has 2 rings (SSSR count). The zero-order chi connectivity index (χ0) is 17.2. The molecule has 1 amide bonds. The molecule has 0 radical (unpaired) electrons. The largest absolute Gasteiger partial charge is 0.489 e. The fourth-order valence-corrected chi connectivity index (χ4v) is 2.13. The number of hydrogen-bond acceptors (Lipinski definition) is 4. The van der Waals surface area contributed by atoms with Gasteiger partial charge < -0.3 is 19.5 Å². The lowest BCUT2D eigenvalue weighted by atomic mass is 10.3. The van der Waals surface area contributed by atoms with Gasteiger partial charge in [0.05, 0.1) is 17.3 Å². The summed E-state index contributed by atoms with van der Waals surface area (Å²) in [6.45, 7) is 3.33. The van der Waals surface area contributed by atoms with Gasteiger partial charge in [0.2, 0.25) is 0 Å². The second kappa shape index (κ2) is 9.80. The number of rotatable bonds is 9. The summed E-state index contributed by atoms with van der Waals surface area (Å²) in [5.41, 5.74) is 0.585. The van der Waals surface area contributed by atoms with Crippen LogP contribution >= 0.6 is 11.6 Å². The minimum atomic E-state index is -0.296. The van der Waals surface area contributed by atoms with Gasteiger partial charge in [0.15, 0.2) is 6.61 Å². The minimum Gasteiger partial charge on any atom is -0.489 e. The molecule has 0 atom stereocenters. The molecule has 6 heteroatoms. The second-order valence-electron chi connectivity index (χ2n) is 4.81. The normalized spacial score (nSPS) is 10.2. The Morgan fingerprint density at radius 3 is 2.46 bits per heavy atom. The summed E-state index contributed by atoms with van der Waals surface area (Å²) in [7, 11) is 0. The molecule has 1 N–H and O–H groups in total. The Balaban J connectivity index is 1.88. The van der Waals surface area contributed by atoms with Gasteiger partial charge in [0.25, 0.3) is 5.91 Å². The Morgan fingerprint density at radius 2 is 1.71 bits per heavy atom. The van der Waals surface area contributed by atoms with Crippen LogP contribution in [0.4, 0.5) is 5.69 Å². The van der Waals surface area contributed by atoms with E-state index in [1.807, 2.05) is 19.1 Å². The molecule has 24 heavy (non-hydrogen) atoms. The van der Waals surface area contributed by atoms with Crippen LogP contribution < -0.4 is 14.8 Å². The monoisotopic (exact) mass is 349 g/mol. The maximum absolute atomic E-state index is 12.1. The van der Waals surface area contributed by atoms with Crippen molar-refractivity contribution in [2.45, 2.75) is 6.92 Å². The molecule has 0 saturated carbocycles. The summed E-state index contributed by atoms with van der Waals surface area (Å²) in [6.07, 6.45) is 0. The highest BCUT2D eigenvalue weighted by molar-refractivity contribution is 6.32. The minimum absolute atomic E-state index is 0.142. The van der Waals surface area contributed by atoms with Crippen LogP contribution in [0.15, 0.2) is 48.5 Å². The van der Waals surface area contributed by atoms with E-state index >= 15 is 0 Å². The SMILES string of the molecule is CCOCCOc1ccccc1NC(=O)COc1ccccc1Cl. The van der Waals surface area contributed by atoms with E-state index in [9.17, 15) is 4.79 Å². The smallest absolute Gasteiger partial charge is 0.262 e. The fraction of sp³-hybridized carbons (Fsp3) is 0.278. The Labute approximate surface area is 146 Å². The maximum Gasteiger partial charge on any atom is 0.262 e. The second-order valence-corrected chi connectivity index (χ2v) is 5.22. The zero-order valence-electron chi connectivity index (χ0n) is 13.5. The number of anilines is 1. The average Bonchev–Trinajstić information content (AvgIpc) is 2.59. The van der Waals surface area contributed by atoms with E-state index < -0.39 is 0 Å². The van der Waals surface area contributed by atoms with E-state index in [1.165, 1.54) is 0 Å². The number of carbonyl (C=O) groups excluding carboxylic acids is 1. The van der Waals surface area contributed by atoms with E-state index in [-0.39, 0.29) is 12.5 Å². The molecule has 0 aliphatic carbocycles. The van der Waals surface area contributed by atoms with Gasteiger partial charge in [-0.3, -0.25) is 4.79 Å². The number of para-hydroxylation sites is 3.